The van der Waals surface area contributed by atoms with E-state index >= 15 is 0 Å². The Balaban J connectivity index is 2.60. The summed E-state index contributed by atoms with van der Waals surface area (Å²) in [4.78, 5) is 25.2. The molecule has 0 aliphatic heterocycles. The van der Waals surface area contributed by atoms with Crippen LogP contribution in [0.3, 0.4) is 0 Å². The molecule has 1 rings (SSSR count). The monoisotopic (exact) mass is 306 g/mol. The molecule has 0 unspecified atom stereocenters. The fourth-order valence-electron chi connectivity index (χ4n) is 2.07. The third-order valence-electron chi connectivity index (χ3n) is 3.07. The van der Waals surface area contributed by atoms with Gasteiger partial charge in [0.25, 0.3) is 0 Å². The van der Waals surface area contributed by atoms with Gasteiger partial charge < -0.3 is 15.0 Å². The first-order valence-corrected chi connectivity index (χ1v) is 7.75. The van der Waals surface area contributed by atoms with Crippen LogP contribution in [-0.4, -0.2) is 35.9 Å². The molecule has 0 atom stereocenters. The Kier molecular flexibility index (Phi) is 7.43. The van der Waals surface area contributed by atoms with Crippen molar-refractivity contribution in [2.75, 3.05) is 18.4 Å². The second kappa shape index (κ2) is 9.07. The fraction of sp³-hybridized carbons (Fsp3) is 0.529. The zero-order chi connectivity index (χ0) is 16.5. The second-order valence-electron chi connectivity index (χ2n) is 5.47. The number of amides is 2. The number of ether oxygens (including phenoxy) is 1. The Morgan fingerprint density at radius 3 is 2.50 bits per heavy atom. The van der Waals surface area contributed by atoms with Crippen LogP contribution in [0.15, 0.2) is 24.3 Å². The van der Waals surface area contributed by atoms with E-state index < -0.39 is 0 Å². The number of nitrogens with zero attached hydrogens (tertiary/aromatic N) is 1. The van der Waals surface area contributed by atoms with Gasteiger partial charge in [-0.15, -0.1) is 0 Å². The normalized spacial score (nSPS) is 10.4. The van der Waals surface area contributed by atoms with E-state index in [9.17, 15) is 9.59 Å². The highest BCUT2D eigenvalue weighted by atomic mass is 16.5. The van der Waals surface area contributed by atoms with Crippen LogP contribution in [0.25, 0.3) is 0 Å². The summed E-state index contributed by atoms with van der Waals surface area (Å²) in [5, 5.41) is 2.85. The number of anilines is 1. The lowest BCUT2D eigenvalue weighted by Crippen LogP contribution is -2.32. The summed E-state index contributed by atoms with van der Waals surface area (Å²) in [5.41, 5.74) is 0.658. The quantitative estimate of drug-likeness (QED) is 0.803. The van der Waals surface area contributed by atoms with Gasteiger partial charge in [-0.25, -0.2) is 0 Å². The summed E-state index contributed by atoms with van der Waals surface area (Å²) in [7, 11) is 0. The summed E-state index contributed by atoms with van der Waals surface area (Å²) in [5.74, 6) is 0.531. The molecule has 0 aliphatic rings. The van der Waals surface area contributed by atoms with Gasteiger partial charge in [-0.1, -0.05) is 19.1 Å². The third-order valence-corrected chi connectivity index (χ3v) is 3.07. The van der Waals surface area contributed by atoms with Crippen molar-refractivity contribution in [2.24, 2.45) is 0 Å². The summed E-state index contributed by atoms with van der Waals surface area (Å²) >= 11 is 0. The molecule has 0 radical (unpaired) electrons. The number of hydrogen-bond acceptors (Lipinski definition) is 3. The Bertz CT molecular complexity index is 500. The highest BCUT2D eigenvalue weighted by Gasteiger charge is 2.12. The molecule has 1 aromatic carbocycles. The SMILES string of the molecule is CCCN(CCC(=O)Nc1ccccc1OC(C)C)C(C)=O. The lowest BCUT2D eigenvalue weighted by molar-refractivity contribution is -0.129. The predicted molar refractivity (Wildman–Crippen MR) is 88.0 cm³/mol. The molecular weight excluding hydrogens is 280 g/mol. The first kappa shape index (κ1) is 18.0. The number of carbonyl (C=O) groups is 2. The molecular formula is C17H26N2O3. The number of rotatable bonds is 8. The molecule has 0 fully saturated rings. The van der Waals surface area contributed by atoms with Gasteiger partial charge in [0.1, 0.15) is 5.75 Å². The van der Waals surface area contributed by atoms with Gasteiger partial charge in [-0.3, -0.25) is 9.59 Å². The average Bonchev–Trinajstić information content (AvgIpc) is 2.44. The molecule has 22 heavy (non-hydrogen) atoms. The molecule has 5 heteroatoms. The van der Waals surface area contributed by atoms with Crippen LogP contribution in [0.5, 0.6) is 5.75 Å². The van der Waals surface area contributed by atoms with Crippen molar-refractivity contribution >= 4 is 17.5 Å². The first-order chi connectivity index (χ1) is 10.4. The van der Waals surface area contributed by atoms with Crippen LogP contribution in [0.4, 0.5) is 5.69 Å². The Morgan fingerprint density at radius 1 is 1.23 bits per heavy atom. The van der Waals surface area contributed by atoms with Crippen molar-refractivity contribution in [2.45, 2.75) is 46.6 Å². The molecule has 0 aromatic heterocycles. The maximum absolute atomic E-state index is 12.1. The van der Waals surface area contributed by atoms with Gasteiger partial charge in [0, 0.05) is 26.4 Å². The van der Waals surface area contributed by atoms with E-state index in [4.69, 9.17) is 4.74 Å². The lowest BCUT2D eigenvalue weighted by Gasteiger charge is -2.20. The van der Waals surface area contributed by atoms with Crippen molar-refractivity contribution < 1.29 is 14.3 Å². The summed E-state index contributed by atoms with van der Waals surface area (Å²) in [6.45, 7) is 8.52. The van der Waals surface area contributed by atoms with E-state index in [1.165, 1.54) is 6.92 Å². The topological polar surface area (TPSA) is 58.6 Å². The van der Waals surface area contributed by atoms with E-state index in [2.05, 4.69) is 5.32 Å². The lowest BCUT2D eigenvalue weighted by atomic mass is 10.2. The van der Waals surface area contributed by atoms with Gasteiger partial charge in [-0.2, -0.15) is 0 Å². The molecule has 0 spiro atoms. The molecule has 1 N–H and O–H groups in total. The number of para-hydroxylation sites is 2. The highest BCUT2D eigenvalue weighted by molar-refractivity contribution is 5.92. The minimum Gasteiger partial charge on any atom is -0.489 e. The van der Waals surface area contributed by atoms with E-state index in [-0.39, 0.29) is 24.3 Å². The van der Waals surface area contributed by atoms with Crippen molar-refractivity contribution in [3.8, 4) is 5.75 Å². The Morgan fingerprint density at radius 2 is 1.91 bits per heavy atom. The molecule has 0 heterocycles. The summed E-state index contributed by atoms with van der Waals surface area (Å²) in [6.07, 6.45) is 1.19. The Labute approximate surface area is 132 Å². The summed E-state index contributed by atoms with van der Waals surface area (Å²) < 4.78 is 5.67. The number of benzene rings is 1. The van der Waals surface area contributed by atoms with Gasteiger partial charge in [0.2, 0.25) is 11.8 Å². The third kappa shape index (κ3) is 6.16. The van der Waals surface area contributed by atoms with Crippen molar-refractivity contribution in [1.29, 1.82) is 0 Å². The van der Waals surface area contributed by atoms with Crippen LogP contribution in [-0.2, 0) is 9.59 Å². The highest BCUT2D eigenvalue weighted by Crippen LogP contribution is 2.24. The maximum Gasteiger partial charge on any atom is 0.226 e. The maximum atomic E-state index is 12.1. The van der Waals surface area contributed by atoms with Crippen LogP contribution in [0.2, 0.25) is 0 Å². The van der Waals surface area contributed by atoms with Gasteiger partial charge >= 0.3 is 0 Å². The number of nitrogens with one attached hydrogen (secondary N) is 1. The van der Waals surface area contributed by atoms with E-state index in [0.717, 1.165) is 6.42 Å². The van der Waals surface area contributed by atoms with Gasteiger partial charge in [0.15, 0.2) is 0 Å². The standard InChI is InChI=1S/C17H26N2O3/c1-5-11-19(14(4)20)12-10-17(21)18-15-8-6-7-9-16(15)22-13(2)3/h6-9,13H,5,10-12H2,1-4H3,(H,18,21). The van der Waals surface area contributed by atoms with Crippen LogP contribution in [0.1, 0.15) is 40.5 Å². The Hall–Kier alpha value is -2.04. The van der Waals surface area contributed by atoms with Gasteiger partial charge in [0.05, 0.1) is 11.8 Å². The van der Waals surface area contributed by atoms with E-state index in [0.29, 0.717) is 24.5 Å². The average molecular weight is 306 g/mol. The molecule has 122 valence electrons. The van der Waals surface area contributed by atoms with Crippen molar-refractivity contribution in [3.05, 3.63) is 24.3 Å². The summed E-state index contributed by atoms with van der Waals surface area (Å²) in [6, 6.07) is 7.35. The fourth-order valence-corrected chi connectivity index (χ4v) is 2.07. The van der Waals surface area contributed by atoms with E-state index in [1.54, 1.807) is 4.90 Å². The molecule has 0 bridgehead atoms. The minimum absolute atomic E-state index is 0.00167. The van der Waals surface area contributed by atoms with Gasteiger partial charge in [-0.05, 0) is 32.4 Å². The van der Waals surface area contributed by atoms with Crippen molar-refractivity contribution in [3.63, 3.8) is 0 Å². The molecule has 2 amide bonds. The molecule has 0 saturated heterocycles. The molecule has 1 aromatic rings. The van der Waals surface area contributed by atoms with Crippen LogP contribution < -0.4 is 10.1 Å². The zero-order valence-electron chi connectivity index (χ0n) is 13.9. The van der Waals surface area contributed by atoms with Crippen molar-refractivity contribution in [1.82, 2.24) is 4.90 Å². The number of hydrogen-bond donors (Lipinski definition) is 1. The molecule has 0 aliphatic carbocycles. The second-order valence-corrected chi connectivity index (χ2v) is 5.47. The first-order valence-electron chi connectivity index (χ1n) is 7.75. The minimum atomic E-state index is -0.123. The molecule has 5 nitrogen and oxygen atoms in total. The van der Waals surface area contributed by atoms with Crippen LogP contribution in [0, 0.1) is 0 Å². The smallest absolute Gasteiger partial charge is 0.226 e. The predicted octanol–water partition coefficient (Wildman–Crippen LogP) is 3.06. The zero-order valence-corrected chi connectivity index (χ0v) is 13.9. The van der Waals surface area contributed by atoms with Crippen LogP contribution >= 0.6 is 0 Å². The largest absolute Gasteiger partial charge is 0.489 e. The van der Waals surface area contributed by atoms with E-state index in [1.807, 2.05) is 45.0 Å². The molecule has 0 saturated carbocycles. The number of carbonyl (C=O) groups excluding carboxylic acids is 2.